The Labute approximate surface area is 207 Å². The lowest BCUT2D eigenvalue weighted by Gasteiger charge is -2.28. The molecule has 0 saturated carbocycles. The number of benzene rings is 4. The summed E-state index contributed by atoms with van der Waals surface area (Å²) in [6.07, 6.45) is 2.30. The van der Waals surface area contributed by atoms with E-state index < -0.39 is 0 Å². The largest absolute Gasteiger partial charge is 0.329 e. The van der Waals surface area contributed by atoms with E-state index in [4.69, 9.17) is 5.73 Å². The fourth-order valence-electron chi connectivity index (χ4n) is 4.25. The highest BCUT2D eigenvalue weighted by atomic mass is 31.1. The molecule has 2 N–H and O–H groups in total. The molecule has 0 bridgehead atoms. The molecule has 0 amide bonds. The lowest BCUT2D eigenvalue weighted by molar-refractivity contribution is 0.317. The van der Waals surface area contributed by atoms with E-state index in [1.807, 2.05) is 0 Å². The predicted molar refractivity (Wildman–Crippen MR) is 153 cm³/mol. The van der Waals surface area contributed by atoms with Gasteiger partial charge in [0.05, 0.1) is 0 Å². The first kappa shape index (κ1) is 24.8. The van der Waals surface area contributed by atoms with Crippen LogP contribution in [0.4, 0.5) is 0 Å². The van der Waals surface area contributed by atoms with Gasteiger partial charge in [-0.25, -0.2) is 0 Å². The molecular weight excluding hydrogens is 450 g/mol. The van der Waals surface area contributed by atoms with Gasteiger partial charge in [-0.2, -0.15) is 0 Å². The highest BCUT2D eigenvalue weighted by Crippen LogP contribution is 2.35. The van der Waals surface area contributed by atoms with Crippen LogP contribution in [0, 0.1) is 0 Å². The van der Waals surface area contributed by atoms with Crippen molar-refractivity contribution in [2.24, 2.45) is 5.73 Å². The first-order valence-electron chi connectivity index (χ1n) is 12.0. The molecule has 0 aliphatic carbocycles. The molecule has 0 aromatic heterocycles. The van der Waals surface area contributed by atoms with Crippen molar-refractivity contribution in [3.8, 4) is 0 Å². The molecule has 0 radical (unpaired) electrons. The molecule has 0 saturated heterocycles. The maximum atomic E-state index is 6.06. The van der Waals surface area contributed by atoms with Gasteiger partial charge in [0.2, 0.25) is 0 Å². The molecule has 0 atom stereocenters. The monoisotopic (exact) mass is 484 g/mol. The van der Waals surface area contributed by atoms with Crippen molar-refractivity contribution < 1.29 is 0 Å². The molecule has 0 spiro atoms. The summed E-state index contributed by atoms with van der Waals surface area (Å²) in [6.45, 7) is 3.78. The lowest BCUT2D eigenvalue weighted by atomic mass is 10.4. The summed E-state index contributed by atoms with van der Waals surface area (Å²) < 4.78 is 0. The Hall–Kier alpha value is -2.34. The second kappa shape index (κ2) is 13.5. The van der Waals surface area contributed by atoms with Gasteiger partial charge < -0.3 is 10.6 Å². The van der Waals surface area contributed by atoms with Crippen LogP contribution in [0.15, 0.2) is 121 Å². The first-order chi connectivity index (χ1) is 16.8. The summed E-state index contributed by atoms with van der Waals surface area (Å²) in [5, 5.41) is 5.80. The second-order valence-corrected chi connectivity index (χ2v) is 12.9. The molecular formula is C30H34N2P2. The Morgan fingerprint density at radius 3 is 1.00 bits per heavy atom. The number of nitrogens with zero attached hydrogens (tertiary/aromatic N) is 1. The molecule has 4 aromatic rings. The van der Waals surface area contributed by atoms with Crippen LogP contribution in [-0.4, -0.2) is 43.4 Å². The molecule has 2 nitrogen and oxygen atoms in total. The fourth-order valence-corrected chi connectivity index (χ4v) is 8.97. The van der Waals surface area contributed by atoms with Gasteiger partial charge in [0, 0.05) is 26.2 Å². The van der Waals surface area contributed by atoms with Gasteiger partial charge >= 0.3 is 0 Å². The minimum absolute atomic E-state index is 0.385. The van der Waals surface area contributed by atoms with Crippen molar-refractivity contribution in [1.29, 1.82) is 0 Å². The highest BCUT2D eigenvalue weighted by molar-refractivity contribution is 7.73. The Morgan fingerprint density at radius 1 is 0.441 bits per heavy atom. The zero-order chi connectivity index (χ0) is 23.4. The van der Waals surface area contributed by atoms with Crippen LogP contribution >= 0.6 is 15.8 Å². The third kappa shape index (κ3) is 7.08. The molecule has 174 valence electrons. The second-order valence-electron chi connectivity index (χ2n) is 8.28. The normalized spacial score (nSPS) is 11.4. The van der Waals surface area contributed by atoms with Gasteiger partial charge in [0.15, 0.2) is 0 Å². The smallest absolute Gasteiger partial charge is 0.0105 e. The number of rotatable bonds is 12. The number of hydrogen-bond donors (Lipinski definition) is 1. The van der Waals surface area contributed by atoms with Crippen LogP contribution in [0.3, 0.4) is 0 Å². The predicted octanol–water partition coefficient (Wildman–Crippen LogP) is 4.51. The van der Waals surface area contributed by atoms with E-state index in [9.17, 15) is 0 Å². The van der Waals surface area contributed by atoms with Gasteiger partial charge in [-0.1, -0.05) is 121 Å². The van der Waals surface area contributed by atoms with E-state index in [1.54, 1.807) is 0 Å². The Balaban J connectivity index is 1.48. The Bertz CT molecular complexity index is 910. The van der Waals surface area contributed by atoms with Crippen LogP contribution < -0.4 is 27.0 Å². The minimum Gasteiger partial charge on any atom is -0.329 e. The van der Waals surface area contributed by atoms with Crippen molar-refractivity contribution >= 4 is 37.1 Å². The van der Waals surface area contributed by atoms with E-state index in [0.29, 0.717) is 6.54 Å². The van der Waals surface area contributed by atoms with Crippen molar-refractivity contribution in [2.75, 3.05) is 38.5 Å². The molecule has 0 unspecified atom stereocenters. The van der Waals surface area contributed by atoms with Crippen molar-refractivity contribution in [1.82, 2.24) is 4.90 Å². The van der Waals surface area contributed by atoms with E-state index in [0.717, 1.165) is 32.0 Å². The molecule has 4 aromatic carbocycles. The summed E-state index contributed by atoms with van der Waals surface area (Å²) in [4.78, 5) is 2.59. The van der Waals surface area contributed by atoms with E-state index in [-0.39, 0.29) is 15.8 Å². The quantitative estimate of drug-likeness (QED) is 0.300. The Kier molecular flexibility index (Phi) is 9.85. The SMILES string of the molecule is NCCN(CCP(c1ccccc1)c1ccccc1)CCP(c1ccccc1)c1ccccc1. The summed E-state index contributed by atoms with van der Waals surface area (Å²) in [5.74, 6) is 0. The summed E-state index contributed by atoms with van der Waals surface area (Å²) in [6, 6.07) is 44.1. The average Bonchev–Trinajstić information content (AvgIpc) is 2.91. The van der Waals surface area contributed by atoms with E-state index >= 15 is 0 Å². The molecule has 0 heterocycles. The van der Waals surface area contributed by atoms with Crippen LogP contribution in [-0.2, 0) is 0 Å². The standard InChI is InChI=1S/C30H34N2P2/c31-21-22-32(23-25-33(27-13-5-1-6-14-27)28-15-7-2-8-16-28)24-26-34(29-17-9-3-10-18-29)30-19-11-4-12-20-30/h1-20H,21-26,31H2. The molecule has 4 heteroatoms. The van der Waals surface area contributed by atoms with Gasteiger partial charge in [-0.05, 0) is 49.4 Å². The van der Waals surface area contributed by atoms with Gasteiger partial charge in [-0.15, -0.1) is 0 Å². The zero-order valence-corrected chi connectivity index (χ0v) is 21.5. The lowest BCUT2D eigenvalue weighted by Crippen LogP contribution is -2.35. The van der Waals surface area contributed by atoms with Gasteiger partial charge in [-0.3, -0.25) is 0 Å². The minimum atomic E-state index is -0.385. The highest BCUT2D eigenvalue weighted by Gasteiger charge is 2.18. The maximum Gasteiger partial charge on any atom is 0.0105 e. The molecule has 34 heavy (non-hydrogen) atoms. The average molecular weight is 485 g/mol. The number of hydrogen-bond acceptors (Lipinski definition) is 2. The fraction of sp³-hybridized carbons (Fsp3) is 0.200. The van der Waals surface area contributed by atoms with E-state index in [1.165, 1.54) is 21.2 Å². The van der Waals surface area contributed by atoms with Crippen molar-refractivity contribution in [3.05, 3.63) is 121 Å². The van der Waals surface area contributed by atoms with E-state index in [2.05, 4.69) is 126 Å². The maximum absolute atomic E-state index is 6.06. The summed E-state index contributed by atoms with van der Waals surface area (Å²) in [5.41, 5.74) is 6.06. The van der Waals surface area contributed by atoms with Crippen LogP contribution in [0.2, 0.25) is 0 Å². The first-order valence-corrected chi connectivity index (χ1v) is 15.1. The van der Waals surface area contributed by atoms with Crippen LogP contribution in [0.1, 0.15) is 0 Å². The third-order valence-electron chi connectivity index (χ3n) is 6.00. The van der Waals surface area contributed by atoms with Crippen molar-refractivity contribution in [2.45, 2.75) is 0 Å². The topological polar surface area (TPSA) is 29.3 Å². The zero-order valence-electron chi connectivity index (χ0n) is 19.7. The van der Waals surface area contributed by atoms with Crippen LogP contribution in [0.25, 0.3) is 0 Å². The molecule has 0 aliphatic heterocycles. The molecule has 0 fully saturated rings. The molecule has 4 rings (SSSR count). The summed E-state index contributed by atoms with van der Waals surface area (Å²) >= 11 is 0. The summed E-state index contributed by atoms with van der Waals surface area (Å²) in [7, 11) is -0.770. The number of nitrogens with two attached hydrogens (primary N) is 1. The Morgan fingerprint density at radius 2 is 0.735 bits per heavy atom. The van der Waals surface area contributed by atoms with Gasteiger partial charge in [0.25, 0.3) is 0 Å². The van der Waals surface area contributed by atoms with Crippen LogP contribution in [0.5, 0.6) is 0 Å². The van der Waals surface area contributed by atoms with Gasteiger partial charge in [0.1, 0.15) is 0 Å². The van der Waals surface area contributed by atoms with Crippen molar-refractivity contribution in [3.63, 3.8) is 0 Å². The molecule has 0 aliphatic rings. The third-order valence-corrected chi connectivity index (χ3v) is 11.0.